The van der Waals surface area contributed by atoms with Crippen LogP contribution in [0.15, 0.2) is 36.5 Å². The summed E-state index contributed by atoms with van der Waals surface area (Å²) < 4.78 is 18.7. The van der Waals surface area contributed by atoms with E-state index >= 15 is 0 Å². The van der Waals surface area contributed by atoms with Crippen molar-refractivity contribution in [3.8, 4) is 11.4 Å². The smallest absolute Gasteiger partial charge is 0.408 e. The molecule has 0 aromatic carbocycles. The number of carbonyl (C=O) groups is 3. The van der Waals surface area contributed by atoms with Crippen LogP contribution in [0.4, 0.5) is 9.18 Å². The van der Waals surface area contributed by atoms with E-state index in [0.717, 1.165) is 52.9 Å². The molecule has 2 fully saturated rings. The highest BCUT2D eigenvalue weighted by Crippen LogP contribution is 2.37. The van der Waals surface area contributed by atoms with Crippen LogP contribution >= 0.6 is 0 Å². The summed E-state index contributed by atoms with van der Waals surface area (Å²) in [5, 5.41) is 15.7. The van der Waals surface area contributed by atoms with E-state index in [9.17, 15) is 23.9 Å². The number of Topliss-reactive ketones (excluding diaryl/α,β-unsaturated/α-hetero) is 1. The second-order valence-electron chi connectivity index (χ2n) is 13.0. The van der Waals surface area contributed by atoms with Crippen molar-refractivity contribution in [3.05, 3.63) is 53.3 Å². The fourth-order valence-electron chi connectivity index (χ4n) is 6.34. The maximum Gasteiger partial charge on any atom is 0.408 e. The maximum atomic E-state index is 14.9. The van der Waals surface area contributed by atoms with Crippen molar-refractivity contribution >= 4 is 34.3 Å². The third kappa shape index (κ3) is 5.36. The van der Waals surface area contributed by atoms with Crippen molar-refractivity contribution in [2.45, 2.75) is 78.2 Å². The lowest BCUT2D eigenvalue weighted by molar-refractivity contribution is 0.0125. The van der Waals surface area contributed by atoms with Gasteiger partial charge in [0.1, 0.15) is 23.2 Å². The standard InChI is InChI=1S/C32H37FN6O4/c1-18-26-11-9-22(30(41)36-16-23(33)13-24(17-36)39(31(42)43)32(3,4)5)15-38(26)35-28(18)27-12-21-8-10-25(19(2)40)34-29(21)37(27)14-20-6-7-20/h8-12,15,20,23-24H,6-7,13-14,16-17H2,1-5H3,(H,42,43)/t23-,24-/m1/s1. The Morgan fingerprint density at radius 2 is 1.86 bits per heavy atom. The molecule has 0 bridgehead atoms. The fraction of sp³-hybridized carbons (Fsp3) is 0.469. The van der Waals surface area contributed by atoms with E-state index in [1.165, 1.54) is 16.7 Å². The van der Waals surface area contributed by atoms with Gasteiger partial charge in [0, 0.05) is 49.1 Å². The number of alkyl halides is 1. The first-order chi connectivity index (χ1) is 20.3. The predicted molar refractivity (Wildman–Crippen MR) is 160 cm³/mol. The van der Waals surface area contributed by atoms with Crippen LogP contribution in [0.2, 0.25) is 0 Å². The number of carbonyl (C=O) groups excluding carboxylic acids is 2. The number of ketones is 1. The Labute approximate surface area is 249 Å². The zero-order chi connectivity index (χ0) is 30.8. The first kappa shape index (κ1) is 28.8. The number of likely N-dealkylation sites (tertiary alicyclic amines) is 1. The minimum atomic E-state index is -1.33. The molecule has 0 radical (unpaired) electrons. The number of hydrogen-bond acceptors (Lipinski definition) is 5. The molecular formula is C32H37FN6O4. The lowest BCUT2D eigenvalue weighted by Gasteiger charge is -2.45. The van der Waals surface area contributed by atoms with Gasteiger partial charge in [-0.2, -0.15) is 5.10 Å². The largest absolute Gasteiger partial charge is 0.465 e. The molecule has 1 aliphatic heterocycles. The average molecular weight is 589 g/mol. The van der Waals surface area contributed by atoms with Gasteiger partial charge in [0.25, 0.3) is 5.91 Å². The Kier molecular flexibility index (Phi) is 7.01. The number of pyridine rings is 2. The summed E-state index contributed by atoms with van der Waals surface area (Å²) in [6.45, 7) is 9.61. The summed E-state index contributed by atoms with van der Waals surface area (Å²) in [7, 11) is 0. The van der Waals surface area contributed by atoms with Gasteiger partial charge in [0.2, 0.25) is 0 Å². The lowest BCUT2D eigenvalue weighted by atomic mass is 9.96. The summed E-state index contributed by atoms with van der Waals surface area (Å²) in [4.78, 5) is 45.1. The van der Waals surface area contributed by atoms with Crippen molar-refractivity contribution in [3.63, 3.8) is 0 Å². The van der Waals surface area contributed by atoms with Gasteiger partial charge in [-0.3, -0.25) is 14.5 Å². The molecule has 10 nitrogen and oxygen atoms in total. The topological polar surface area (TPSA) is 113 Å². The molecule has 43 heavy (non-hydrogen) atoms. The minimum Gasteiger partial charge on any atom is -0.465 e. The third-order valence-electron chi connectivity index (χ3n) is 8.57. The molecule has 5 heterocycles. The van der Waals surface area contributed by atoms with Crippen LogP contribution in [0.25, 0.3) is 27.9 Å². The third-order valence-corrected chi connectivity index (χ3v) is 8.57. The first-order valence-corrected chi connectivity index (χ1v) is 14.8. The number of rotatable bonds is 6. The van der Waals surface area contributed by atoms with E-state index in [1.807, 2.05) is 25.1 Å². The molecular weight excluding hydrogens is 551 g/mol. The fourth-order valence-corrected chi connectivity index (χ4v) is 6.34. The van der Waals surface area contributed by atoms with E-state index in [0.29, 0.717) is 17.2 Å². The second-order valence-corrected chi connectivity index (χ2v) is 13.0. The highest BCUT2D eigenvalue weighted by molar-refractivity contribution is 5.96. The molecule has 2 amide bonds. The normalized spacial score (nSPS) is 19.3. The van der Waals surface area contributed by atoms with Crippen molar-refractivity contribution in [1.82, 2.24) is 29.0 Å². The number of aromatic nitrogens is 4. The van der Waals surface area contributed by atoms with E-state index in [-0.39, 0.29) is 31.2 Å². The summed E-state index contributed by atoms with van der Waals surface area (Å²) >= 11 is 0. The zero-order valence-electron chi connectivity index (χ0n) is 25.2. The monoisotopic (exact) mass is 588 g/mol. The highest BCUT2D eigenvalue weighted by Gasteiger charge is 2.40. The predicted octanol–water partition coefficient (Wildman–Crippen LogP) is 5.60. The second kappa shape index (κ2) is 10.5. The number of halogens is 1. The molecule has 1 saturated heterocycles. The van der Waals surface area contributed by atoms with Gasteiger partial charge in [-0.15, -0.1) is 0 Å². The van der Waals surface area contributed by atoms with Crippen LogP contribution in [-0.4, -0.2) is 82.7 Å². The van der Waals surface area contributed by atoms with Crippen LogP contribution in [0.1, 0.15) is 73.4 Å². The van der Waals surface area contributed by atoms with Crippen molar-refractivity contribution < 1.29 is 23.9 Å². The van der Waals surface area contributed by atoms with Gasteiger partial charge >= 0.3 is 6.09 Å². The zero-order valence-corrected chi connectivity index (χ0v) is 25.2. The van der Waals surface area contributed by atoms with Crippen LogP contribution in [0.5, 0.6) is 0 Å². The van der Waals surface area contributed by atoms with Crippen molar-refractivity contribution in [2.75, 3.05) is 13.1 Å². The number of nitrogens with zero attached hydrogens (tertiary/aromatic N) is 6. The molecule has 11 heteroatoms. The molecule has 1 saturated carbocycles. The van der Waals surface area contributed by atoms with Gasteiger partial charge in [-0.25, -0.2) is 18.7 Å². The Morgan fingerprint density at radius 1 is 1.12 bits per heavy atom. The van der Waals surface area contributed by atoms with E-state index < -0.39 is 23.8 Å². The molecule has 6 rings (SSSR count). The first-order valence-electron chi connectivity index (χ1n) is 14.8. The van der Waals surface area contributed by atoms with E-state index in [2.05, 4.69) is 9.55 Å². The minimum absolute atomic E-state index is 0.0473. The van der Waals surface area contributed by atoms with E-state index in [4.69, 9.17) is 5.10 Å². The quantitative estimate of drug-likeness (QED) is 0.293. The maximum absolute atomic E-state index is 14.9. The van der Waals surface area contributed by atoms with E-state index in [1.54, 1.807) is 43.6 Å². The molecule has 4 aromatic rings. The molecule has 4 aromatic heterocycles. The number of fused-ring (bicyclic) bond motifs is 2. The van der Waals surface area contributed by atoms with Crippen LogP contribution in [0.3, 0.4) is 0 Å². The van der Waals surface area contributed by atoms with Crippen molar-refractivity contribution in [2.24, 2.45) is 5.92 Å². The molecule has 0 spiro atoms. The van der Waals surface area contributed by atoms with Gasteiger partial charge in [0.15, 0.2) is 5.78 Å². The van der Waals surface area contributed by atoms with Gasteiger partial charge in [-0.05, 0) is 76.8 Å². The molecule has 226 valence electrons. The molecule has 2 atom stereocenters. The van der Waals surface area contributed by atoms with Gasteiger partial charge in [0.05, 0.1) is 29.4 Å². The van der Waals surface area contributed by atoms with Crippen LogP contribution < -0.4 is 0 Å². The van der Waals surface area contributed by atoms with Crippen LogP contribution in [-0.2, 0) is 6.54 Å². The Bertz CT molecular complexity index is 1760. The summed E-state index contributed by atoms with van der Waals surface area (Å²) in [6.07, 6.45) is 1.54. The summed E-state index contributed by atoms with van der Waals surface area (Å²) in [5.41, 5.74) is 4.22. The van der Waals surface area contributed by atoms with Gasteiger partial charge in [-0.1, -0.05) is 0 Å². The average Bonchev–Trinajstić information content (AvgIpc) is 3.60. The SMILES string of the molecule is CC(=O)c1ccc2cc(-c3nn4cc(C(=O)N5C[C@H](F)C[C@@H](N(C(=O)O)C(C)(C)C)C5)ccc4c3C)n(CC3CC3)c2n1. The molecule has 1 aliphatic carbocycles. The Balaban J connectivity index is 1.35. The Hall–Kier alpha value is -4.28. The molecule has 1 N–H and O–H groups in total. The van der Waals surface area contributed by atoms with Crippen LogP contribution in [0, 0.1) is 12.8 Å². The number of piperidine rings is 1. The van der Waals surface area contributed by atoms with Crippen molar-refractivity contribution in [1.29, 1.82) is 0 Å². The summed E-state index contributed by atoms with van der Waals surface area (Å²) in [6, 6.07) is 8.61. The Morgan fingerprint density at radius 3 is 2.51 bits per heavy atom. The molecule has 2 aliphatic rings. The number of aryl methyl sites for hydroxylation is 1. The number of amides is 2. The number of hydrogen-bond donors (Lipinski definition) is 1. The highest BCUT2D eigenvalue weighted by atomic mass is 19.1. The van der Waals surface area contributed by atoms with Gasteiger partial charge < -0.3 is 14.6 Å². The molecule has 0 unspecified atom stereocenters. The number of carboxylic acid groups (broad SMARTS) is 1. The summed E-state index contributed by atoms with van der Waals surface area (Å²) in [5.74, 6) is 0.102. The lowest BCUT2D eigenvalue weighted by Crippen LogP contribution is -2.59.